The highest BCUT2D eigenvalue weighted by atomic mass is 35.5. The van der Waals surface area contributed by atoms with Crippen LogP contribution in [0, 0.1) is 11.8 Å². The van der Waals surface area contributed by atoms with E-state index in [9.17, 15) is 0 Å². The highest BCUT2D eigenvalue weighted by Crippen LogP contribution is 2.42. The van der Waals surface area contributed by atoms with Crippen LogP contribution in [0.4, 0.5) is 0 Å². The number of fused-ring (bicyclic) bond motifs is 1. The van der Waals surface area contributed by atoms with Crippen LogP contribution >= 0.6 is 11.6 Å². The highest BCUT2D eigenvalue weighted by Gasteiger charge is 2.41. The average molecular weight is 337 g/mol. The molecule has 1 heterocycles. The fourth-order valence-corrected chi connectivity index (χ4v) is 4.48. The van der Waals surface area contributed by atoms with Crippen LogP contribution in [-0.2, 0) is 16.1 Å². The molecule has 2 fully saturated rings. The lowest BCUT2D eigenvalue weighted by molar-refractivity contribution is -0.00621. The number of rotatable bonds is 7. The zero-order valence-electron chi connectivity index (χ0n) is 14.1. The number of benzene rings is 1. The molecule has 1 saturated carbocycles. The summed E-state index contributed by atoms with van der Waals surface area (Å²) in [4.78, 5) is 0. The minimum absolute atomic E-state index is 0.193. The van der Waals surface area contributed by atoms with E-state index >= 15 is 0 Å². The Morgan fingerprint density at radius 3 is 2.83 bits per heavy atom. The minimum atomic E-state index is 0.193. The van der Waals surface area contributed by atoms with Crippen molar-refractivity contribution >= 4 is 11.6 Å². The first-order valence-corrected chi connectivity index (χ1v) is 9.61. The van der Waals surface area contributed by atoms with E-state index in [4.69, 9.17) is 21.1 Å². The SMILES string of the molecule is CCCC(Cl)C1CC2CC(COCc3ccccc3)CCC2O1. The minimum Gasteiger partial charge on any atom is -0.376 e. The Morgan fingerprint density at radius 1 is 1.22 bits per heavy atom. The predicted octanol–water partition coefficient (Wildman–Crippen LogP) is 5.18. The van der Waals surface area contributed by atoms with Gasteiger partial charge in [-0.05, 0) is 49.5 Å². The summed E-state index contributed by atoms with van der Waals surface area (Å²) in [5.74, 6) is 1.37. The van der Waals surface area contributed by atoms with Crippen molar-refractivity contribution in [1.29, 1.82) is 0 Å². The van der Waals surface area contributed by atoms with Gasteiger partial charge in [0.05, 0.1) is 24.2 Å². The van der Waals surface area contributed by atoms with Crippen LogP contribution in [-0.4, -0.2) is 24.2 Å². The fraction of sp³-hybridized carbons (Fsp3) is 0.700. The molecule has 0 N–H and O–H groups in total. The third-order valence-electron chi connectivity index (χ3n) is 5.34. The van der Waals surface area contributed by atoms with Crippen LogP contribution in [0.2, 0.25) is 0 Å². The zero-order valence-corrected chi connectivity index (χ0v) is 14.9. The van der Waals surface area contributed by atoms with Crippen molar-refractivity contribution in [3.63, 3.8) is 0 Å². The summed E-state index contributed by atoms with van der Waals surface area (Å²) in [6.07, 6.45) is 7.72. The van der Waals surface area contributed by atoms with Crippen LogP contribution in [0.25, 0.3) is 0 Å². The molecule has 0 aromatic heterocycles. The highest BCUT2D eigenvalue weighted by molar-refractivity contribution is 6.21. The third kappa shape index (κ3) is 4.71. The molecule has 1 aromatic carbocycles. The molecule has 2 aliphatic rings. The Bertz CT molecular complexity index is 464. The van der Waals surface area contributed by atoms with E-state index in [0.29, 0.717) is 17.9 Å². The molecule has 0 spiro atoms. The van der Waals surface area contributed by atoms with E-state index in [1.54, 1.807) is 0 Å². The molecular weight excluding hydrogens is 308 g/mol. The van der Waals surface area contributed by atoms with Crippen molar-refractivity contribution < 1.29 is 9.47 Å². The maximum absolute atomic E-state index is 6.49. The molecule has 0 amide bonds. The number of ether oxygens (including phenoxy) is 2. The largest absolute Gasteiger partial charge is 0.376 e. The van der Waals surface area contributed by atoms with Crippen LogP contribution in [0.5, 0.6) is 0 Å². The summed E-state index contributed by atoms with van der Waals surface area (Å²) < 4.78 is 12.2. The molecule has 3 heteroatoms. The van der Waals surface area contributed by atoms with Crippen LogP contribution in [0.3, 0.4) is 0 Å². The summed E-state index contributed by atoms with van der Waals surface area (Å²) in [7, 11) is 0. The van der Waals surface area contributed by atoms with E-state index in [1.807, 2.05) is 6.07 Å². The van der Waals surface area contributed by atoms with Gasteiger partial charge in [-0.25, -0.2) is 0 Å². The molecule has 5 unspecified atom stereocenters. The van der Waals surface area contributed by atoms with Crippen molar-refractivity contribution in [2.24, 2.45) is 11.8 Å². The lowest BCUT2D eigenvalue weighted by atomic mass is 9.79. The zero-order chi connectivity index (χ0) is 16.1. The number of hydrogen-bond acceptors (Lipinski definition) is 2. The number of halogens is 1. The van der Waals surface area contributed by atoms with Gasteiger partial charge < -0.3 is 9.47 Å². The Balaban J connectivity index is 1.41. The Kier molecular flexibility index (Phi) is 6.38. The first-order chi connectivity index (χ1) is 11.3. The van der Waals surface area contributed by atoms with E-state index in [1.165, 1.54) is 24.8 Å². The smallest absolute Gasteiger partial charge is 0.0746 e. The fourth-order valence-electron chi connectivity index (χ4n) is 4.10. The van der Waals surface area contributed by atoms with Gasteiger partial charge in [-0.1, -0.05) is 43.7 Å². The van der Waals surface area contributed by atoms with Crippen molar-refractivity contribution in [3.8, 4) is 0 Å². The second-order valence-corrected chi connectivity index (χ2v) is 7.75. The molecule has 1 aromatic rings. The van der Waals surface area contributed by atoms with Crippen molar-refractivity contribution in [2.45, 2.75) is 69.6 Å². The number of alkyl halides is 1. The topological polar surface area (TPSA) is 18.5 Å². The van der Waals surface area contributed by atoms with Gasteiger partial charge in [-0.2, -0.15) is 0 Å². The third-order valence-corrected chi connectivity index (χ3v) is 5.84. The Hall–Kier alpha value is -0.570. The second-order valence-electron chi connectivity index (χ2n) is 7.19. The van der Waals surface area contributed by atoms with Gasteiger partial charge >= 0.3 is 0 Å². The van der Waals surface area contributed by atoms with Gasteiger partial charge in [-0.3, -0.25) is 0 Å². The summed E-state index contributed by atoms with van der Waals surface area (Å²) in [5, 5.41) is 0.193. The molecule has 2 nitrogen and oxygen atoms in total. The Morgan fingerprint density at radius 2 is 2.04 bits per heavy atom. The quantitative estimate of drug-likeness (QED) is 0.638. The standard InChI is InChI=1S/C20H29ClO2/c1-2-6-18(21)20-12-17-11-16(9-10-19(17)23-20)14-22-13-15-7-4-3-5-8-15/h3-5,7-8,16-20H,2,6,9-14H2,1H3. The first kappa shape index (κ1) is 17.3. The van der Waals surface area contributed by atoms with E-state index < -0.39 is 0 Å². The lowest BCUT2D eigenvalue weighted by Gasteiger charge is -2.30. The van der Waals surface area contributed by atoms with E-state index in [-0.39, 0.29) is 11.5 Å². The van der Waals surface area contributed by atoms with Crippen molar-refractivity contribution in [2.75, 3.05) is 6.61 Å². The lowest BCUT2D eigenvalue weighted by Crippen LogP contribution is -2.28. The van der Waals surface area contributed by atoms with E-state index in [2.05, 4.69) is 31.2 Å². The molecule has 23 heavy (non-hydrogen) atoms. The van der Waals surface area contributed by atoms with Crippen LogP contribution < -0.4 is 0 Å². The molecular formula is C20H29ClO2. The molecule has 128 valence electrons. The van der Waals surface area contributed by atoms with Crippen LogP contribution in [0.15, 0.2) is 30.3 Å². The van der Waals surface area contributed by atoms with Gasteiger partial charge in [0.2, 0.25) is 0 Å². The number of hydrogen-bond donors (Lipinski definition) is 0. The maximum atomic E-state index is 6.49. The maximum Gasteiger partial charge on any atom is 0.0746 e. The summed E-state index contributed by atoms with van der Waals surface area (Å²) in [5.41, 5.74) is 1.26. The molecule has 1 aliphatic carbocycles. The predicted molar refractivity (Wildman–Crippen MR) is 94.8 cm³/mol. The average Bonchev–Trinajstić information content (AvgIpc) is 2.99. The van der Waals surface area contributed by atoms with Crippen molar-refractivity contribution in [1.82, 2.24) is 0 Å². The van der Waals surface area contributed by atoms with Gasteiger partial charge in [0.1, 0.15) is 0 Å². The van der Waals surface area contributed by atoms with Crippen LogP contribution in [0.1, 0.15) is 51.0 Å². The van der Waals surface area contributed by atoms with Gasteiger partial charge in [0.15, 0.2) is 0 Å². The van der Waals surface area contributed by atoms with Gasteiger partial charge in [-0.15, -0.1) is 11.6 Å². The molecule has 1 aliphatic heterocycles. The molecule has 1 saturated heterocycles. The normalized spacial score (nSPS) is 31.7. The van der Waals surface area contributed by atoms with E-state index in [0.717, 1.165) is 32.5 Å². The molecule has 0 bridgehead atoms. The summed E-state index contributed by atoms with van der Waals surface area (Å²) in [6, 6.07) is 10.4. The molecule has 5 atom stereocenters. The first-order valence-electron chi connectivity index (χ1n) is 9.17. The van der Waals surface area contributed by atoms with Gasteiger partial charge in [0, 0.05) is 6.61 Å². The summed E-state index contributed by atoms with van der Waals surface area (Å²) >= 11 is 6.49. The summed E-state index contributed by atoms with van der Waals surface area (Å²) in [6.45, 7) is 3.80. The molecule has 0 radical (unpaired) electrons. The monoisotopic (exact) mass is 336 g/mol. The van der Waals surface area contributed by atoms with Crippen molar-refractivity contribution in [3.05, 3.63) is 35.9 Å². The Labute approximate surface area is 145 Å². The molecule has 3 rings (SSSR count). The van der Waals surface area contributed by atoms with Gasteiger partial charge in [0.25, 0.3) is 0 Å². The second kappa shape index (κ2) is 8.50.